The van der Waals surface area contributed by atoms with Gasteiger partial charge in [0.15, 0.2) is 0 Å². The molecule has 19 heavy (non-hydrogen) atoms. The summed E-state index contributed by atoms with van der Waals surface area (Å²) in [5.74, 6) is -0.174. The van der Waals surface area contributed by atoms with Crippen molar-refractivity contribution in [3.63, 3.8) is 0 Å². The number of hydrogen-bond donors (Lipinski definition) is 1. The molecule has 1 fully saturated rings. The van der Waals surface area contributed by atoms with Crippen molar-refractivity contribution in [2.45, 2.75) is 23.2 Å². The molecule has 1 aliphatic rings. The van der Waals surface area contributed by atoms with Crippen LogP contribution < -0.4 is 0 Å². The first-order chi connectivity index (χ1) is 9.09. The van der Waals surface area contributed by atoms with Crippen LogP contribution in [0.4, 0.5) is 0 Å². The van der Waals surface area contributed by atoms with Crippen LogP contribution in [0.3, 0.4) is 0 Å². The number of rotatable bonds is 4. The van der Waals surface area contributed by atoms with Gasteiger partial charge in [-0.15, -0.1) is 11.8 Å². The van der Waals surface area contributed by atoms with Gasteiger partial charge in [0.05, 0.1) is 16.2 Å². The average Bonchev–Trinajstić information content (AvgIpc) is 2.88. The normalized spacial score (nSPS) is 20.3. The first-order valence-electron chi connectivity index (χ1n) is 5.78. The van der Waals surface area contributed by atoms with Gasteiger partial charge in [-0.05, 0) is 19.1 Å². The topological polar surface area (TPSA) is 70.5 Å². The molecule has 1 saturated heterocycles. The summed E-state index contributed by atoms with van der Waals surface area (Å²) < 4.78 is 0. The molecule has 0 bridgehead atoms. The maximum atomic E-state index is 12.3. The second-order valence-electron chi connectivity index (χ2n) is 4.09. The van der Waals surface area contributed by atoms with E-state index in [0.717, 1.165) is 5.03 Å². The van der Waals surface area contributed by atoms with Gasteiger partial charge in [0.2, 0.25) is 5.91 Å². The van der Waals surface area contributed by atoms with E-state index in [1.807, 2.05) is 18.2 Å². The third-order valence-electron chi connectivity index (χ3n) is 2.73. The summed E-state index contributed by atoms with van der Waals surface area (Å²) in [6.45, 7) is 1.78. The number of nitrogens with zero attached hydrogens (tertiary/aromatic N) is 2. The molecule has 1 unspecified atom stereocenters. The van der Waals surface area contributed by atoms with Gasteiger partial charge in [0, 0.05) is 11.9 Å². The number of hydrogen-bond acceptors (Lipinski definition) is 5. The number of amides is 1. The lowest BCUT2D eigenvalue weighted by atomic mass is 10.3. The largest absolute Gasteiger partial charge is 0.480 e. The van der Waals surface area contributed by atoms with Crippen LogP contribution in [0.1, 0.15) is 6.92 Å². The van der Waals surface area contributed by atoms with E-state index in [4.69, 9.17) is 5.11 Å². The van der Waals surface area contributed by atoms with Crippen molar-refractivity contribution in [2.24, 2.45) is 0 Å². The monoisotopic (exact) mass is 298 g/mol. The molecule has 0 spiro atoms. The Morgan fingerprint density at radius 1 is 1.58 bits per heavy atom. The fourth-order valence-corrected chi connectivity index (χ4v) is 3.78. The van der Waals surface area contributed by atoms with Crippen LogP contribution >= 0.6 is 23.5 Å². The third kappa shape index (κ3) is 3.42. The molecule has 1 aromatic heterocycles. The Morgan fingerprint density at radius 2 is 2.37 bits per heavy atom. The third-order valence-corrected chi connectivity index (χ3v) is 4.78. The van der Waals surface area contributed by atoms with E-state index in [-0.39, 0.29) is 11.2 Å². The van der Waals surface area contributed by atoms with E-state index in [2.05, 4.69) is 4.98 Å². The minimum atomic E-state index is -0.937. The molecule has 1 amide bonds. The second-order valence-corrected chi connectivity index (χ2v) is 6.45. The molecule has 1 aromatic rings. The Bertz CT molecular complexity index is 469. The number of carbonyl (C=O) groups is 2. The molecule has 7 heteroatoms. The summed E-state index contributed by atoms with van der Waals surface area (Å²) >= 11 is 2.82. The second kappa shape index (κ2) is 6.29. The maximum Gasteiger partial charge on any atom is 0.327 e. The Labute approximate surface area is 119 Å². The van der Waals surface area contributed by atoms with Crippen molar-refractivity contribution >= 4 is 35.4 Å². The lowest BCUT2D eigenvalue weighted by molar-refractivity contribution is -0.147. The Hall–Kier alpha value is -1.21. The maximum absolute atomic E-state index is 12.3. The van der Waals surface area contributed by atoms with Gasteiger partial charge in [-0.3, -0.25) is 4.79 Å². The number of thioether (sulfide) groups is 2. The van der Waals surface area contributed by atoms with Crippen molar-refractivity contribution in [1.29, 1.82) is 0 Å². The SMILES string of the molecule is CC(Sc1ccccn1)C(=O)N1CSC[C@@H]1C(=O)O. The number of aromatic nitrogens is 1. The summed E-state index contributed by atoms with van der Waals surface area (Å²) in [5, 5.41) is 9.51. The van der Waals surface area contributed by atoms with E-state index >= 15 is 0 Å². The van der Waals surface area contributed by atoms with Crippen LogP contribution in [0.2, 0.25) is 0 Å². The van der Waals surface area contributed by atoms with E-state index in [1.54, 1.807) is 13.1 Å². The Kier molecular flexibility index (Phi) is 4.71. The van der Waals surface area contributed by atoms with Gasteiger partial charge in [-0.1, -0.05) is 17.8 Å². The zero-order valence-electron chi connectivity index (χ0n) is 10.4. The van der Waals surface area contributed by atoms with E-state index in [9.17, 15) is 9.59 Å². The Morgan fingerprint density at radius 3 is 3.00 bits per heavy atom. The summed E-state index contributed by atoms with van der Waals surface area (Å²) in [6.07, 6.45) is 1.67. The van der Waals surface area contributed by atoms with Gasteiger partial charge in [0.1, 0.15) is 6.04 Å². The Balaban J connectivity index is 2.01. The zero-order chi connectivity index (χ0) is 13.8. The zero-order valence-corrected chi connectivity index (χ0v) is 12.0. The predicted molar refractivity (Wildman–Crippen MR) is 75.2 cm³/mol. The van der Waals surface area contributed by atoms with Crippen LogP contribution in [0.15, 0.2) is 29.4 Å². The van der Waals surface area contributed by atoms with Crippen LogP contribution in [0.25, 0.3) is 0 Å². The smallest absolute Gasteiger partial charge is 0.327 e. The molecule has 1 aliphatic heterocycles. The molecule has 0 aliphatic carbocycles. The molecule has 1 N–H and O–H groups in total. The van der Waals surface area contributed by atoms with Gasteiger partial charge in [-0.25, -0.2) is 9.78 Å². The molecule has 2 heterocycles. The molecule has 2 atom stereocenters. The highest BCUT2D eigenvalue weighted by Crippen LogP contribution is 2.27. The molecule has 2 rings (SSSR count). The van der Waals surface area contributed by atoms with E-state index in [1.165, 1.54) is 28.4 Å². The molecule has 102 valence electrons. The first-order valence-corrected chi connectivity index (χ1v) is 7.81. The average molecular weight is 298 g/mol. The van der Waals surface area contributed by atoms with Crippen molar-refractivity contribution in [3.05, 3.63) is 24.4 Å². The number of carboxylic acids is 1. The highest BCUT2D eigenvalue weighted by Gasteiger charge is 2.36. The number of carboxylic acid groups (broad SMARTS) is 1. The number of aliphatic carboxylic acids is 1. The van der Waals surface area contributed by atoms with Gasteiger partial charge in [-0.2, -0.15) is 0 Å². The lowest BCUT2D eigenvalue weighted by Gasteiger charge is -2.23. The van der Waals surface area contributed by atoms with Crippen molar-refractivity contribution < 1.29 is 14.7 Å². The predicted octanol–water partition coefficient (Wildman–Crippen LogP) is 1.55. The van der Waals surface area contributed by atoms with Crippen molar-refractivity contribution in [3.8, 4) is 0 Å². The van der Waals surface area contributed by atoms with Gasteiger partial charge >= 0.3 is 5.97 Å². The molecular formula is C12H14N2O3S2. The molecule has 0 radical (unpaired) electrons. The van der Waals surface area contributed by atoms with E-state index < -0.39 is 12.0 Å². The molecule has 0 aromatic carbocycles. The highest BCUT2D eigenvalue weighted by atomic mass is 32.2. The number of carbonyl (C=O) groups excluding carboxylic acids is 1. The molecule has 0 saturated carbocycles. The van der Waals surface area contributed by atoms with Crippen LogP contribution in [-0.2, 0) is 9.59 Å². The summed E-state index contributed by atoms with van der Waals surface area (Å²) in [7, 11) is 0. The highest BCUT2D eigenvalue weighted by molar-refractivity contribution is 8.00. The van der Waals surface area contributed by atoms with Crippen molar-refractivity contribution in [2.75, 3.05) is 11.6 Å². The van der Waals surface area contributed by atoms with Crippen molar-refractivity contribution in [1.82, 2.24) is 9.88 Å². The standard InChI is InChI=1S/C12H14N2O3S2/c1-8(19-10-4-2-3-5-13-10)11(15)14-7-18-6-9(14)12(16)17/h2-5,8-9H,6-7H2,1H3,(H,16,17)/t8?,9-/m1/s1. The lowest BCUT2D eigenvalue weighted by Crippen LogP contribution is -2.44. The summed E-state index contributed by atoms with van der Waals surface area (Å²) in [4.78, 5) is 28.9. The van der Waals surface area contributed by atoms with Crippen LogP contribution in [0, 0.1) is 0 Å². The molecule has 5 nitrogen and oxygen atoms in total. The van der Waals surface area contributed by atoms with E-state index in [0.29, 0.717) is 11.6 Å². The van der Waals surface area contributed by atoms with Gasteiger partial charge < -0.3 is 10.0 Å². The number of pyridine rings is 1. The fourth-order valence-electron chi connectivity index (χ4n) is 1.75. The first kappa shape index (κ1) is 14.2. The quantitative estimate of drug-likeness (QED) is 0.850. The minimum absolute atomic E-state index is 0.145. The van der Waals surface area contributed by atoms with Gasteiger partial charge in [0.25, 0.3) is 0 Å². The fraction of sp³-hybridized carbons (Fsp3) is 0.417. The minimum Gasteiger partial charge on any atom is -0.480 e. The summed E-state index contributed by atoms with van der Waals surface area (Å²) in [5.41, 5.74) is 0. The summed E-state index contributed by atoms with van der Waals surface area (Å²) in [6, 6.07) is 4.80. The molecular weight excluding hydrogens is 284 g/mol. The van der Waals surface area contributed by atoms with Crippen LogP contribution in [0.5, 0.6) is 0 Å². The van der Waals surface area contributed by atoms with Crippen LogP contribution in [-0.4, -0.2) is 49.8 Å².